The van der Waals surface area contributed by atoms with Crippen LogP contribution in [0.25, 0.3) is 22.4 Å². The molecule has 2 aromatic carbocycles. The first-order valence-electron chi connectivity index (χ1n) is 6.52. The first kappa shape index (κ1) is 11.8. The monoisotopic (exact) mass is 251 g/mol. The Morgan fingerprint density at radius 3 is 2.79 bits per heavy atom. The molecule has 0 aliphatic carbocycles. The number of nitrogens with zero attached hydrogens (tertiary/aromatic N) is 1. The Labute approximate surface area is 112 Å². The fraction of sp³-hybridized carbons (Fsp3) is 0.188. The van der Waals surface area contributed by atoms with Gasteiger partial charge in [-0.05, 0) is 43.2 Å². The second-order valence-electron chi connectivity index (χ2n) is 4.88. The molecular weight excluding hydrogens is 234 g/mol. The third kappa shape index (κ3) is 2.08. The summed E-state index contributed by atoms with van der Waals surface area (Å²) in [5.74, 6) is 0.837. The zero-order valence-electron chi connectivity index (χ0n) is 11.2. The summed E-state index contributed by atoms with van der Waals surface area (Å²) in [4.78, 5) is 7.99. The van der Waals surface area contributed by atoms with Crippen molar-refractivity contribution in [1.29, 1.82) is 0 Å². The third-order valence-electron chi connectivity index (χ3n) is 3.42. The van der Waals surface area contributed by atoms with E-state index in [9.17, 15) is 0 Å². The average Bonchev–Trinajstić information content (AvgIpc) is 2.83. The average molecular weight is 251 g/mol. The number of nitrogen functional groups attached to an aromatic ring is 1. The van der Waals surface area contributed by atoms with Gasteiger partial charge in [-0.15, -0.1) is 0 Å². The molecule has 0 fully saturated rings. The van der Waals surface area contributed by atoms with Gasteiger partial charge in [0.2, 0.25) is 0 Å². The Bertz CT molecular complexity index is 741. The molecule has 0 aliphatic rings. The van der Waals surface area contributed by atoms with Crippen LogP contribution in [0.5, 0.6) is 0 Å². The van der Waals surface area contributed by atoms with E-state index in [1.807, 2.05) is 12.1 Å². The predicted molar refractivity (Wildman–Crippen MR) is 80.1 cm³/mol. The Morgan fingerprint density at radius 1 is 1.16 bits per heavy atom. The first-order chi connectivity index (χ1) is 9.17. The molecule has 1 aromatic heterocycles. The highest BCUT2D eigenvalue weighted by Crippen LogP contribution is 2.27. The highest BCUT2D eigenvalue weighted by molar-refractivity contribution is 5.83. The number of aryl methyl sites for hydroxylation is 2. The minimum Gasteiger partial charge on any atom is -0.398 e. The molecule has 0 spiro atoms. The van der Waals surface area contributed by atoms with Crippen molar-refractivity contribution in [2.45, 2.75) is 20.3 Å². The second-order valence-corrected chi connectivity index (χ2v) is 4.88. The number of imidazole rings is 1. The lowest BCUT2D eigenvalue weighted by Crippen LogP contribution is -1.91. The highest BCUT2D eigenvalue weighted by Gasteiger charge is 2.08. The lowest BCUT2D eigenvalue weighted by molar-refractivity contribution is 1.14. The van der Waals surface area contributed by atoms with E-state index in [-0.39, 0.29) is 0 Å². The van der Waals surface area contributed by atoms with Crippen LogP contribution in [-0.4, -0.2) is 9.97 Å². The van der Waals surface area contributed by atoms with Gasteiger partial charge in [0.05, 0.1) is 11.0 Å². The summed E-state index contributed by atoms with van der Waals surface area (Å²) in [5, 5.41) is 0. The van der Waals surface area contributed by atoms with E-state index in [2.05, 4.69) is 48.1 Å². The SMILES string of the molecule is CCc1ccc2nc(-c3cc(C)ccc3N)[nH]c2c1. The van der Waals surface area contributed by atoms with Gasteiger partial charge in [-0.3, -0.25) is 0 Å². The lowest BCUT2D eigenvalue weighted by Gasteiger charge is -2.03. The van der Waals surface area contributed by atoms with Crippen molar-refractivity contribution in [1.82, 2.24) is 9.97 Å². The van der Waals surface area contributed by atoms with Crippen LogP contribution in [-0.2, 0) is 6.42 Å². The predicted octanol–water partition coefficient (Wildman–Crippen LogP) is 3.68. The van der Waals surface area contributed by atoms with Crippen molar-refractivity contribution in [3.8, 4) is 11.4 Å². The number of anilines is 1. The molecule has 3 heteroatoms. The fourth-order valence-corrected chi connectivity index (χ4v) is 2.28. The summed E-state index contributed by atoms with van der Waals surface area (Å²) in [6.45, 7) is 4.21. The molecule has 0 aliphatic heterocycles. The Hall–Kier alpha value is -2.29. The number of aromatic nitrogens is 2. The van der Waals surface area contributed by atoms with E-state index in [1.165, 1.54) is 11.1 Å². The number of benzene rings is 2. The number of hydrogen-bond acceptors (Lipinski definition) is 2. The lowest BCUT2D eigenvalue weighted by atomic mass is 10.1. The summed E-state index contributed by atoms with van der Waals surface area (Å²) in [6.07, 6.45) is 1.02. The second kappa shape index (κ2) is 4.43. The molecule has 0 atom stereocenters. The van der Waals surface area contributed by atoms with E-state index >= 15 is 0 Å². The summed E-state index contributed by atoms with van der Waals surface area (Å²) < 4.78 is 0. The molecule has 0 unspecified atom stereocenters. The maximum atomic E-state index is 6.04. The van der Waals surface area contributed by atoms with Crippen LogP contribution in [0.15, 0.2) is 36.4 Å². The van der Waals surface area contributed by atoms with Gasteiger partial charge in [0.25, 0.3) is 0 Å². The van der Waals surface area contributed by atoms with Gasteiger partial charge in [0, 0.05) is 11.3 Å². The summed E-state index contributed by atoms with van der Waals surface area (Å²) in [7, 11) is 0. The van der Waals surface area contributed by atoms with E-state index in [0.717, 1.165) is 34.5 Å². The molecule has 3 rings (SSSR count). The van der Waals surface area contributed by atoms with E-state index < -0.39 is 0 Å². The Balaban J connectivity index is 2.17. The number of nitrogens with two attached hydrogens (primary N) is 1. The van der Waals surface area contributed by atoms with Crippen LogP contribution in [0.4, 0.5) is 5.69 Å². The van der Waals surface area contributed by atoms with Crippen LogP contribution in [0.3, 0.4) is 0 Å². The smallest absolute Gasteiger partial charge is 0.140 e. The first-order valence-corrected chi connectivity index (χ1v) is 6.52. The van der Waals surface area contributed by atoms with Crippen LogP contribution >= 0.6 is 0 Å². The van der Waals surface area contributed by atoms with Gasteiger partial charge < -0.3 is 10.7 Å². The van der Waals surface area contributed by atoms with Crippen LogP contribution in [0.2, 0.25) is 0 Å². The summed E-state index contributed by atoms with van der Waals surface area (Å²) in [6, 6.07) is 12.3. The van der Waals surface area contributed by atoms with E-state index in [0.29, 0.717) is 0 Å². The van der Waals surface area contributed by atoms with Crippen molar-refractivity contribution in [3.05, 3.63) is 47.5 Å². The molecule has 96 valence electrons. The van der Waals surface area contributed by atoms with Crippen molar-refractivity contribution in [3.63, 3.8) is 0 Å². The van der Waals surface area contributed by atoms with Gasteiger partial charge in [-0.25, -0.2) is 4.98 Å². The van der Waals surface area contributed by atoms with Gasteiger partial charge in [0.1, 0.15) is 5.82 Å². The number of fused-ring (bicyclic) bond motifs is 1. The van der Waals surface area contributed by atoms with Crippen LogP contribution < -0.4 is 5.73 Å². The molecule has 19 heavy (non-hydrogen) atoms. The quantitative estimate of drug-likeness (QED) is 0.682. The normalized spacial score (nSPS) is 11.1. The van der Waals surface area contributed by atoms with Gasteiger partial charge in [-0.1, -0.05) is 24.6 Å². The van der Waals surface area contributed by atoms with Gasteiger partial charge in [-0.2, -0.15) is 0 Å². The van der Waals surface area contributed by atoms with Crippen LogP contribution in [0, 0.1) is 6.92 Å². The van der Waals surface area contributed by atoms with E-state index in [1.54, 1.807) is 0 Å². The maximum absolute atomic E-state index is 6.04. The van der Waals surface area contributed by atoms with Crippen LogP contribution in [0.1, 0.15) is 18.1 Å². The van der Waals surface area contributed by atoms with Crippen molar-refractivity contribution in [2.75, 3.05) is 5.73 Å². The molecule has 3 aromatic rings. The maximum Gasteiger partial charge on any atom is 0.140 e. The zero-order valence-corrected chi connectivity index (χ0v) is 11.2. The van der Waals surface area contributed by atoms with Gasteiger partial charge in [0.15, 0.2) is 0 Å². The molecule has 0 bridgehead atoms. The molecule has 1 heterocycles. The zero-order chi connectivity index (χ0) is 13.4. The molecule has 0 amide bonds. The summed E-state index contributed by atoms with van der Waals surface area (Å²) in [5.41, 5.74) is 12.3. The topological polar surface area (TPSA) is 54.7 Å². The Kier molecular flexibility index (Phi) is 2.75. The molecule has 0 saturated carbocycles. The standard InChI is InChI=1S/C16H17N3/c1-3-11-5-7-14-15(9-11)19-16(18-14)12-8-10(2)4-6-13(12)17/h4-9H,3,17H2,1-2H3,(H,18,19). The number of rotatable bonds is 2. The summed E-state index contributed by atoms with van der Waals surface area (Å²) >= 11 is 0. The minimum atomic E-state index is 0.750. The van der Waals surface area contributed by atoms with Crippen molar-refractivity contribution >= 4 is 16.7 Å². The van der Waals surface area contributed by atoms with E-state index in [4.69, 9.17) is 5.73 Å². The van der Waals surface area contributed by atoms with Crippen molar-refractivity contribution < 1.29 is 0 Å². The molecular formula is C16H17N3. The number of hydrogen-bond donors (Lipinski definition) is 2. The minimum absolute atomic E-state index is 0.750. The molecule has 0 radical (unpaired) electrons. The third-order valence-corrected chi connectivity index (χ3v) is 3.42. The largest absolute Gasteiger partial charge is 0.398 e. The fourth-order valence-electron chi connectivity index (χ4n) is 2.28. The molecule has 3 nitrogen and oxygen atoms in total. The number of nitrogens with one attached hydrogen (secondary N) is 1. The van der Waals surface area contributed by atoms with Gasteiger partial charge >= 0.3 is 0 Å². The Morgan fingerprint density at radius 2 is 2.00 bits per heavy atom. The highest BCUT2D eigenvalue weighted by atomic mass is 14.9. The molecule has 0 saturated heterocycles. The number of aromatic amines is 1. The van der Waals surface area contributed by atoms with Crippen molar-refractivity contribution in [2.24, 2.45) is 0 Å². The number of H-pyrrole nitrogens is 1. The molecule has 3 N–H and O–H groups in total.